The van der Waals surface area contributed by atoms with Gasteiger partial charge in [0.25, 0.3) is 0 Å². The molecule has 0 aliphatic heterocycles. The fraction of sp³-hybridized carbons (Fsp3) is 0.875. The van der Waals surface area contributed by atoms with Crippen molar-refractivity contribution in [2.45, 2.75) is 33.8 Å². The van der Waals surface area contributed by atoms with Gasteiger partial charge in [-0.15, -0.1) is 0 Å². The first kappa shape index (κ1) is 10.3. The minimum Gasteiger partial charge on any atom is -0.450 e. The number of hydrogen-bond donors (Lipinski definition) is 1. The van der Waals surface area contributed by atoms with Crippen LogP contribution in [0.1, 0.15) is 27.7 Å². The molecule has 0 saturated carbocycles. The van der Waals surface area contributed by atoms with Crippen LogP contribution >= 0.6 is 0 Å². The summed E-state index contributed by atoms with van der Waals surface area (Å²) >= 11 is 0. The van der Waals surface area contributed by atoms with Gasteiger partial charge in [-0.25, -0.2) is 4.79 Å². The van der Waals surface area contributed by atoms with Gasteiger partial charge < -0.3 is 9.84 Å². The van der Waals surface area contributed by atoms with E-state index in [9.17, 15) is 4.79 Å². The molecule has 11 heavy (non-hydrogen) atoms. The predicted octanol–water partition coefficient (Wildman–Crippen LogP) is 2.36. The minimum atomic E-state index is -1.18. The van der Waals surface area contributed by atoms with Crippen LogP contribution in [-0.2, 0) is 4.74 Å². The van der Waals surface area contributed by atoms with Gasteiger partial charge in [0.15, 0.2) is 0 Å². The molecule has 0 aromatic carbocycles. The molecular weight excluding hydrogens is 144 g/mol. The van der Waals surface area contributed by atoms with E-state index < -0.39 is 6.16 Å². The van der Waals surface area contributed by atoms with Gasteiger partial charge in [0.05, 0.1) is 0 Å². The first-order chi connectivity index (χ1) is 4.95. The van der Waals surface area contributed by atoms with Crippen LogP contribution < -0.4 is 0 Å². The van der Waals surface area contributed by atoms with Crippen molar-refractivity contribution in [1.29, 1.82) is 0 Å². The molecule has 0 amide bonds. The highest BCUT2D eigenvalue weighted by Gasteiger charge is 2.21. The quantitative estimate of drug-likeness (QED) is 0.644. The molecule has 0 heterocycles. The van der Waals surface area contributed by atoms with Crippen LogP contribution in [0.2, 0.25) is 0 Å². The molecule has 3 heteroatoms. The molecule has 1 N–H and O–H groups in total. The van der Waals surface area contributed by atoms with Crippen molar-refractivity contribution in [2.24, 2.45) is 11.8 Å². The van der Waals surface area contributed by atoms with Crippen molar-refractivity contribution in [2.75, 3.05) is 0 Å². The molecule has 3 nitrogen and oxygen atoms in total. The Labute approximate surface area is 67.4 Å². The summed E-state index contributed by atoms with van der Waals surface area (Å²) in [5, 5.41) is 8.36. The summed E-state index contributed by atoms with van der Waals surface area (Å²) in [6.07, 6.45) is -1.37. The summed E-state index contributed by atoms with van der Waals surface area (Å²) in [5.74, 6) is 0.484. The standard InChI is InChI=1S/C8H16O3/c1-5(2)7(6(3)4)11-8(9)10/h5-7H,1-4H3,(H,9,10). The molecule has 0 aromatic heterocycles. The van der Waals surface area contributed by atoms with Gasteiger partial charge in [-0.2, -0.15) is 0 Å². The molecule has 0 aliphatic rings. The fourth-order valence-electron chi connectivity index (χ4n) is 1.16. The van der Waals surface area contributed by atoms with Crippen LogP contribution in [0, 0.1) is 11.8 Å². The zero-order valence-electron chi connectivity index (χ0n) is 7.50. The van der Waals surface area contributed by atoms with E-state index in [1.165, 1.54) is 0 Å². The minimum absolute atomic E-state index is 0.188. The summed E-state index contributed by atoms with van der Waals surface area (Å²) in [6.45, 7) is 7.81. The van der Waals surface area contributed by atoms with Gasteiger partial charge in [0.1, 0.15) is 6.10 Å². The maximum Gasteiger partial charge on any atom is 0.506 e. The molecule has 0 aliphatic carbocycles. The lowest BCUT2D eigenvalue weighted by atomic mass is 9.96. The molecule has 0 aromatic rings. The van der Waals surface area contributed by atoms with Crippen LogP contribution in [0.25, 0.3) is 0 Å². The zero-order chi connectivity index (χ0) is 9.02. The molecule has 0 rings (SSSR count). The lowest BCUT2D eigenvalue weighted by molar-refractivity contribution is 0.00928. The van der Waals surface area contributed by atoms with Gasteiger partial charge in [-0.3, -0.25) is 0 Å². The fourth-order valence-corrected chi connectivity index (χ4v) is 1.16. The monoisotopic (exact) mass is 160 g/mol. The third kappa shape index (κ3) is 3.86. The van der Waals surface area contributed by atoms with Crippen molar-refractivity contribution in [1.82, 2.24) is 0 Å². The number of carbonyl (C=O) groups is 1. The van der Waals surface area contributed by atoms with E-state index in [0.29, 0.717) is 0 Å². The molecule has 0 radical (unpaired) electrons. The van der Waals surface area contributed by atoms with Crippen molar-refractivity contribution >= 4 is 6.16 Å². The van der Waals surface area contributed by atoms with E-state index in [2.05, 4.69) is 4.74 Å². The second kappa shape index (κ2) is 4.21. The Kier molecular flexibility index (Phi) is 3.93. The van der Waals surface area contributed by atoms with E-state index in [0.717, 1.165) is 0 Å². The average Bonchev–Trinajstić information content (AvgIpc) is 1.81. The van der Waals surface area contributed by atoms with Crippen molar-refractivity contribution < 1.29 is 14.6 Å². The Morgan fingerprint density at radius 2 is 1.55 bits per heavy atom. The third-order valence-corrected chi connectivity index (χ3v) is 1.55. The summed E-state index contributed by atoms with van der Waals surface area (Å²) in [6, 6.07) is 0. The zero-order valence-corrected chi connectivity index (χ0v) is 7.50. The Morgan fingerprint density at radius 3 is 1.64 bits per heavy atom. The van der Waals surface area contributed by atoms with Crippen molar-refractivity contribution in [3.8, 4) is 0 Å². The van der Waals surface area contributed by atoms with Crippen LogP contribution in [0.5, 0.6) is 0 Å². The number of carboxylic acid groups (broad SMARTS) is 1. The third-order valence-electron chi connectivity index (χ3n) is 1.55. The highest BCUT2D eigenvalue weighted by Crippen LogP contribution is 2.15. The maximum atomic E-state index is 10.2. The first-order valence-corrected chi connectivity index (χ1v) is 3.84. The van der Waals surface area contributed by atoms with Crippen LogP contribution in [0.4, 0.5) is 4.79 Å². The largest absolute Gasteiger partial charge is 0.506 e. The van der Waals surface area contributed by atoms with E-state index in [4.69, 9.17) is 5.11 Å². The summed E-state index contributed by atoms with van der Waals surface area (Å²) in [5.41, 5.74) is 0. The topological polar surface area (TPSA) is 46.5 Å². The van der Waals surface area contributed by atoms with Crippen molar-refractivity contribution in [3.63, 3.8) is 0 Å². The Morgan fingerprint density at radius 1 is 1.18 bits per heavy atom. The highest BCUT2D eigenvalue weighted by atomic mass is 16.7. The first-order valence-electron chi connectivity index (χ1n) is 3.84. The Balaban J connectivity index is 4.00. The SMILES string of the molecule is CC(C)C(OC(=O)O)C(C)C. The molecular formula is C8H16O3. The van der Waals surface area contributed by atoms with Gasteiger partial charge in [0.2, 0.25) is 0 Å². The summed E-state index contributed by atoms with van der Waals surface area (Å²) in [7, 11) is 0. The molecule has 0 bridgehead atoms. The van der Waals surface area contributed by atoms with Gasteiger partial charge in [-0.1, -0.05) is 27.7 Å². The molecule has 0 atom stereocenters. The lowest BCUT2D eigenvalue weighted by Gasteiger charge is -2.22. The normalized spacial score (nSPS) is 11.2. The Bertz CT molecular complexity index is 121. The smallest absolute Gasteiger partial charge is 0.450 e. The van der Waals surface area contributed by atoms with E-state index in [-0.39, 0.29) is 17.9 Å². The van der Waals surface area contributed by atoms with Gasteiger partial charge in [0, 0.05) is 0 Å². The lowest BCUT2D eigenvalue weighted by Crippen LogP contribution is -2.27. The summed E-state index contributed by atoms with van der Waals surface area (Å²) < 4.78 is 4.69. The summed E-state index contributed by atoms with van der Waals surface area (Å²) in [4.78, 5) is 10.2. The maximum absolute atomic E-state index is 10.2. The van der Waals surface area contributed by atoms with E-state index in [1.54, 1.807) is 0 Å². The predicted molar refractivity (Wildman–Crippen MR) is 42.6 cm³/mol. The van der Waals surface area contributed by atoms with E-state index >= 15 is 0 Å². The van der Waals surface area contributed by atoms with E-state index in [1.807, 2.05) is 27.7 Å². The number of rotatable bonds is 3. The average molecular weight is 160 g/mol. The van der Waals surface area contributed by atoms with Gasteiger partial charge >= 0.3 is 6.16 Å². The van der Waals surface area contributed by atoms with Crippen LogP contribution in [0.3, 0.4) is 0 Å². The van der Waals surface area contributed by atoms with Crippen LogP contribution in [0.15, 0.2) is 0 Å². The molecule has 0 fully saturated rings. The number of hydrogen-bond acceptors (Lipinski definition) is 2. The molecule has 66 valence electrons. The van der Waals surface area contributed by atoms with Gasteiger partial charge in [-0.05, 0) is 11.8 Å². The second-order valence-electron chi connectivity index (χ2n) is 3.34. The second-order valence-corrected chi connectivity index (χ2v) is 3.34. The highest BCUT2D eigenvalue weighted by molar-refractivity contribution is 5.57. The van der Waals surface area contributed by atoms with Crippen LogP contribution in [-0.4, -0.2) is 17.4 Å². The molecule has 0 unspecified atom stereocenters. The Hall–Kier alpha value is -0.730. The van der Waals surface area contributed by atoms with Crippen molar-refractivity contribution in [3.05, 3.63) is 0 Å². The molecule has 0 spiro atoms. The number of ether oxygens (including phenoxy) is 1. The molecule has 0 saturated heterocycles.